The Morgan fingerprint density at radius 1 is 0.971 bits per heavy atom. The monoisotopic (exact) mass is 475 g/mol. The van der Waals surface area contributed by atoms with Crippen molar-refractivity contribution in [1.29, 1.82) is 0 Å². The van der Waals surface area contributed by atoms with Gasteiger partial charge < -0.3 is 16.0 Å². The Hall–Kier alpha value is -4.11. The summed E-state index contributed by atoms with van der Waals surface area (Å²) in [6.07, 6.45) is 0. The summed E-state index contributed by atoms with van der Waals surface area (Å²) in [6, 6.07) is 22.7. The van der Waals surface area contributed by atoms with Crippen molar-refractivity contribution in [3.63, 3.8) is 0 Å². The Kier molecular flexibility index (Phi) is 7.24. The number of thiophene rings is 1. The molecule has 0 aliphatic rings. The van der Waals surface area contributed by atoms with E-state index in [1.165, 1.54) is 4.57 Å². The fourth-order valence-corrected chi connectivity index (χ4v) is 4.30. The third kappa shape index (κ3) is 5.62. The molecule has 0 aliphatic heterocycles. The molecule has 0 fully saturated rings. The van der Waals surface area contributed by atoms with Crippen LogP contribution in [-0.4, -0.2) is 22.0 Å². The van der Waals surface area contributed by atoms with Crippen molar-refractivity contribution in [2.75, 3.05) is 17.2 Å². The Balaban J connectivity index is 1.66. The van der Waals surface area contributed by atoms with E-state index < -0.39 is 11.2 Å². The maximum absolute atomic E-state index is 12.9. The predicted molar refractivity (Wildman–Crippen MR) is 135 cm³/mol. The van der Waals surface area contributed by atoms with Crippen LogP contribution in [0.5, 0.6) is 0 Å². The lowest BCUT2D eigenvalue weighted by Crippen LogP contribution is -2.42. The zero-order chi connectivity index (χ0) is 23.9. The number of nitrogen functional groups attached to an aromatic ring is 1. The first kappa shape index (κ1) is 23.1. The normalized spacial score (nSPS) is 10.7. The van der Waals surface area contributed by atoms with Crippen molar-refractivity contribution in [3.8, 4) is 0 Å². The SMILES string of the molecule is Nc1c(N(CC(=O)NCc2cccs2)Cc2ccccc2)c(=O)[nH]c(=O)n1Cc1ccccc1. The number of nitrogens with one attached hydrogen (secondary N) is 2. The molecule has 0 bridgehead atoms. The summed E-state index contributed by atoms with van der Waals surface area (Å²) in [5.74, 6) is -0.247. The topological polar surface area (TPSA) is 113 Å². The predicted octanol–water partition coefficient (Wildman–Crippen LogP) is 2.55. The lowest BCUT2D eigenvalue weighted by atomic mass is 10.2. The summed E-state index contributed by atoms with van der Waals surface area (Å²) in [5.41, 5.74) is 7.00. The molecule has 0 atom stereocenters. The van der Waals surface area contributed by atoms with Crippen molar-refractivity contribution in [2.45, 2.75) is 19.6 Å². The van der Waals surface area contributed by atoms with Gasteiger partial charge in [0.05, 0.1) is 19.6 Å². The number of amides is 1. The molecule has 4 N–H and O–H groups in total. The van der Waals surface area contributed by atoms with Crippen molar-refractivity contribution in [3.05, 3.63) is 115 Å². The highest BCUT2D eigenvalue weighted by Crippen LogP contribution is 2.20. The van der Waals surface area contributed by atoms with Crippen LogP contribution < -0.4 is 27.2 Å². The second kappa shape index (κ2) is 10.7. The van der Waals surface area contributed by atoms with E-state index in [9.17, 15) is 14.4 Å². The molecule has 2 aromatic carbocycles. The zero-order valence-corrected chi connectivity index (χ0v) is 19.3. The summed E-state index contributed by atoms with van der Waals surface area (Å²) in [7, 11) is 0. The van der Waals surface area contributed by atoms with Gasteiger partial charge in [0.15, 0.2) is 0 Å². The molecular weight excluding hydrogens is 450 g/mol. The molecule has 0 spiro atoms. The summed E-state index contributed by atoms with van der Waals surface area (Å²) >= 11 is 1.55. The van der Waals surface area contributed by atoms with Gasteiger partial charge in [-0.1, -0.05) is 66.7 Å². The van der Waals surface area contributed by atoms with Crippen LogP contribution >= 0.6 is 11.3 Å². The Labute approximate surface area is 200 Å². The van der Waals surface area contributed by atoms with Gasteiger partial charge in [-0.05, 0) is 22.6 Å². The molecule has 4 rings (SSSR count). The molecule has 0 unspecified atom stereocenters. The van der Waals surface area contributed by atoms with E-state index in [-0.39, 0.29) is 37.0 Å². The van der Waals surface area contributed by atoms with E-state index in [0.717, 1.165) is 16.0 Å². The number of hydrogen-bond donors (Lipinski definition) is 3. The Morgan fingerprint density at radius 2 is 1.65 bits per heavy atom. The smallest absolute Gasteiger partial charge is 0.330 e. The minimum Gasteiger partial charge on any atom is -0.383 e. The molecule has 9 heteroatoms. The number of H-pyrrole nitrogens is 1. The van der Waals surface area contributed by atoms with Crippen LogP contribution in [0.25, 0.3) is 0 Å². The number of anilines is 2. The average Bonchev–Trinajstić information content (AvgIpc) is 3.35. The molecule has 0 saturated carbocycles. The second-order valence-electron chi connectivity index (χ2n) is 7.76. The van der Waals surface area contributed by atoms with Gasteiger partial charge in [-0.3, -0.25) is 19.1 Å². The number of aromatic amines is 1. The van der Waals surface area contributed by atoms with Crippen molar-refractivity contribution < 1.29 is 4.79 Å². The van der Waals surface area contributed by atoms with Crippen LogP contribution in [0.15, 0.2) is 87.8 Å². The summed E-state index contributed by atoms with van der Waals surface area (Å²) in [5, 5.41) is 4.83. The van der Waals surface area contributed by atoms with Gasteiger partial charge in [0.1, 0.15) is 11.5 Å². The summed E-state index contributed by atoms with van der Waals surface area (Å²) in [4.78, 5) is 43.3. The van der Waals surface area contributed by atoms with E-state index in [0.29, 0.717) is 6.54 Å². The molecule has 0 aliphatic carbocycles. The summed E-state index contributed by atoms with van der Waals surface area (Å²) in [6.45, 7) is 0.759. The quantitative estimate of drug-likeness (QED) is 0.344. The number of carbonyl (C=O) groups excluding carboxylic acids is 1. The lowest BCUT2D eigenvalue weighted by molar-refractivity contribution is -0.119. The van der Waals surface area contributed by atoms with Crippen LogP contribution in [0.4, 0.5) is 11.5 Å². The van der Waals surface area contributed by atoms with Crippen molar-refractivity contribution in [1.82, 2.24) is 14.9 Å². The van der Waals surface area contributed by atoms with E-state index in [2.05, 4.69) is 10.3 Å². The fraction of sp³-hybridized carbons (Fsp3) is 0.160. The Morgan fingerprint density at radius 3 is 2.29 bits per heavy atom. The highest BCUT2D eigenvalue weighted by Gasteiger charge is 2.21. The third-order valence-electron chi connectivity index (χ3n) is 5.30. The number of carbonyl (C=O) groups is 1. The number of rotatable bonds is 9. The highest BCUT2D eigenvalue weighted by atomic mass is 32.1. The van der Waals surface area contributed by atoms with Crippen LogP contribution in [0.3, 0.4) is 0 Å². The van der Waals surface area contributed by atoms with Gasteiger partial charge in [-0.2, -0.15) is 0 Å². The van der Waals surface area contributed by atoms with E-state index in [1.54, 1.807) is 16.2 Å². The minimum atomic E-state index is -0.631. The fourth-order valence-electron chi connectivity index (χ4n) is 3.65. The van der Waals surface area contributed by atoms with E-state index in [4.69, 9.17) is 5.73 Å². The van der Waals surface area contributed by atoms with Crippen molar-refractivity contribution >= 4 is 28.7 Å². The average molecular weight is 476 g/mol. The number of aromatic nitrogens is 2. The molecule has 2 heterocycles. The number of nitrogens with two attached hydrogens (primary N) is 1. The first-order valence-electron chi connectivity index (χ1n) is 10.8. The van der Waals surface area contributed by atoms with Gasteiger partial charge in [0.2, 0.25) is 5.91 Å². The van der Waals surface area contributed by atoms with Gasteiger partial charge in [0.25, 0.3) is 5.56 Å². The highest BCUT2D eigenvalue weighted by molar-refractivity contribution is 7.09. The molecule has 34 heavy (non-hydrogen) atoms. The molecule has 4 aromatic rings. The lowest BCUT2D eigenvalue weighted by Gasteiger charge is -2.26. The van der Waals surface area contributed by atoms with Gasteiger partial charge in [-0.25, -0.2) is 4.79 Å². The number of nitrogens with zero attached hydrogens (tertiary/aromatic N) is 2. The maximum atomic E-state index is 12.9. The van der Waals surface area contributed by atoms with Gasteiger partial charge in [0, 0.05) is 11.4 Å². The van der Waals surface area contributed by atoms with Crippen LogP contribution in [0.1, 0.15) is 16.0 Å². The molecule has 0 radical (unpaired) electrons. The molecule has 8 nitrogen and oxygen atoms in total. The first-order chi connectivity index (χ1) is 16.5. The standard InChI is InChI=1S/C25H25N5O3S/c26-23-22(24(32)28-25(33)30(23)16-19-10-5-2-6-11-19)29(15-18-8-3-1-4-9-18)17-21(31)27-14-20-12-7-13-34-20/h1-13H,14-17,26H2,(H,27,31)(H,28,32,33). The molecule has 174 valence electrons. The van der Waals surface area contributed by atoms with E-state index in [1.807, 2.05) is 78.2 Å². The van der Waals surface area contributed by atoms with Crippen LogP contribution in [0.2, 0.25) is 0 Å². The van der Waals surface area contributed by atoms with Crippen LogP contribution in [0, 0.1) is 0 Å². The number of benzene rings is 2. The van der Waals surface area contributed by atoms with Gasteiger partial charge in [-0.15, -0.1) is 11.3 Å². The third-order valence-corrected chi connectivity index (χ3v) is 6.18. The first-order valence-corrected chi connectivity index (χ1v) is 11.6. The molecule has 2 aromatic heterocycles. The molecule has 0 saturated heterocycles. The second-order valence-corrected chi connectivity index (χ2v) is 8.79. The molecule has 1 amide bonds. The van der Waals surface area contributed by atoms with Crippen LogP contribution in [-0.2, 0) is 24.4 Å². The summed E-state index contributed by atoms with van der Waals surface area (Å²) < 4.78 is 1.31. The van der Waals surface area contributed by atoms with Gasteiger partial charge >= 0.3 is 5.69 Å². The maximum Gasteiger partial charge on any atom is 0.330 e. The van der Waals surface area contributed by atoms with E-state index >= 15 is 0 Å². The number of hydrogen-bond acceptors (Lipinski definition) is 6. The zero-order valence-electron chi connectivity index (χ0n) is 18.4. The largest absolute Gasteiger partial charge is 0.383 e. The minimum absolute atomic E-state index is 0.0135. The Bertz CT molecular complexity index is 1350. The molecular formula is C25H25N5O3S. The van der Waals surface area contributed by atoms with Crippen molar-refractivity contribution in [2.24, 2.45) is 0 Å².